The van der Waals surface area contributed by atoms with Gasteiger partial charge in [0.1, 0.15) is 18.2 Å². The van der Waals surface area contributed by atoms with Crippen LogP contribution < -0.4 is 0 Å². The van der Waals surface area contributed by atoms with Crippen LogP contribution in [0.25, 0.3) is 0 Å². The van der Waals surface area contributed by atoms with Crippen LogP contribution in [0.4, 0.5) is 8.78 Å². The predicted molar refractivity (Wildman–Crippen MR) is 40.6 cm³/mol. The van der Waals surface area contributed by atoms with Crippen molar-refractivity contribution in [1.29, 1.82) is 0 Å². The Hall–Kier alpha value is -0.640. The number of alkyl halides is 1. The van der Waals surface area contributed by atoms with Crippen LogP contribution in [0, 0.1) is 5.82 Å². The van der Waals surface area contributed by atoms with E-state index in [1.807, 2.05) is 0 Å². The van der Waals surface area contributed by atoms with Gasteiger partial charge >= 0.3 is 0 Å². The first-order valence-electron chi connectivity index (χ1n) is 2.88. The first-order chi connectivity index (χ1) is 5.16. The van der Waals surface area contributed by atoms with Crippen molar-refractivity contribution >= 4 is 15.9 Å². The van der Waals surface area contributed by atoms with Crippen LogP contribution in [-0.2, 0) is 6.67 Å². The molecular weight excluding hydrogens is 218 g/mol. The third-order valence-corrected chi connectivity index (χ3v) is 2.05. The van der Waals surface area contributed by atoms with Gasteiger partial charge in [-0.15, -0.1) is 0 Å². The highest BCUT2D eigenvalue weighted by atomic mass is 79.9. The van der Waals surface area contributed by atoms with Crippen molar-refractivity contribution in [2.24, 2.45) is 0 Å². The zero-order chi connectivity index (χ0) is 8.43. The van der Waals surface area contributed by atoms with Crippen molar-refractivity contribution in [3.63, 3.8) is 0 Å². The molecule has 0 unspecified atom stereocenters. The number of hydrogen-bond acceptors (Lipinski definition) is 1. The first kappa shape index (κ1) is 8.46. The van der Waals surface area contributed by atoms with E-state index in [-0.39, 0.29) is 15.8 Å². The lowest BCUT2D eigenvalue weighted by atomic mass is 10.2. The Balaban J connectivity index is 3.25. The Morgan fingerprint density at radius 2 is 2.09 bits per heavy atom. The molecule has 0 aliphatic heterocycles. The van der Waals surface area contributed by atoms with Crippen molar-refractivity contribution in [3.05, 3.63) is 28.0 Å². The summed E-state index contributed by atoms with van der Waals surface area (Å²) >= 11 is 2.78. The van der Waals surface area contributed by atoms with Crippen molar-refractivity contribution in [2.75, 3.05) is 0 Å². The molecule has 1 rings (SSSR count). The van der Waals surface area contributed by atoms with Gasteiger partial charge in [0.15, 0.2) is 0 Å². The smallest absolute Gasteiger partial charge is 0.141 e. The quantitative estimate of drug-likeness (QED) is 0.775. The number of rotatable bonds is 1. The van der Waals surface area contributed by atoms with E-state index < -0.39 is 12.5 Å². The van der Waals surface area contributed by atoms with E-state index >= 15 is 0 Å². The standard InChI is InChI=1S/C7H5BrF2O/c8-6-5(10)2-1-4(3-9)7(6)11/h1-2,11H,3H2. The van der Waals surface area contributed by atoms with E-state index in [2.05, 4.69) is 15.9 Å². The van der Waals surface area contributed by atoms with Gasteiger partial charge in [-0.25, -0.2) is 8.78 Å². The van der Waals surface area contributed by atoms with Gasteiger partial charge in [-0.05, 0) is 28.1 Å². The Morgan fingerprint density at radius 1 is 1.45 bits per heavy atom. The van der Waals surface area contributed by atoms with Crippen molar-refractivity contribution < 1.29 is 13.9 Å². The molecule has 60 valence electrons. The first-order valence-corrected chi connectivity index (χ1v) is 3.68. The molecule has 0 fully saturated rings. The minimum absolute atomic E-state index is 0.0817. The molecule has 0 saturated heterocycles. The monoisotopic (exact) mass is 222 g/mol. The molecule has 1 N–H and O–H groups in total. The zero-order valence-corrected chi connectivity index (χ0v) is 7.03. The van der Waals surface area contributed by atoms with Crippen LogP contribution in [0.5, 0.6) is 5.75 Å². The Bertz CT molecular complexity index is 275. The summed E-state index contributed by atoms with van der Waals surface area (Å²) in [7, 11) is 0. The van der Waals surface area contributed by atoms with Gasteiger partial charge in [0.25, 0.3) is 0 Å². The van der Waals surface area contributed by atoms with E-state index in [1.165, 1.54) is 6.07 Å². The third kappa shape index (κ3) is 1.50. The van der Waals surface area contributed by atoms with Crippen LogP contribution >= 0.6 is 15.9 Å². The number of phenolic OH excluding ortho intramolecular Hbond substituents is 1. The SMILES string of the molecule is Oc1c(CF)ccc(F)c1Br. The summed E-state index contributed by atoms with van der Waals surface area (Å²) in [5.41, 5.74) is 0.0817. The molecule has 1 aromatic carbocycles. The maximum Gasteiger partial charge on any atom is 0.141 e. The highest BCUT2D eigenvalue weighted by molar-refractivity contribution is 9.10. The number of halogens is 3. The average molecular weight is 223 g/mol. The summed E-state index contributed by atoms with van der Waals surface area (Å²) in [6, 6.07) is 2.30. The number of phenols is 1. The highest BCUT2D eigenvalue weighted by Gasteiger charge is 2.08. The van der Waals surface area contributed by atoms with Gasteiger partial charge in [-0.2, -0.15) is 0 Å². The molecule has 1 aromatic rings. The summed E-state index contributed by atoms with van der Waals surface area (Å²) in [5.74, 6) is -0.966. The Morgan fingerprint density at radius 3 is 2.64 bits per heavy atom. The molecule has 11 heavy (non-hydrogen) atoms. The second-order valence-corrected chi connectivity index (χ2v) is 2.80. The average Bonchev–Trinajstić information content (AvgIpc) is 2.01. The van der Waals surface area contributed by atoms with Crippen molar-refractivity contribution in [3.8, 4) is 5.75 Å². The Kier molecular flexibility index (Phi) is 2.44. The number of benzene rings is 1. The van der Waals surface area contributed by atoms with Crippen LogP contribution in [-0.4, -0.2) is 5.11 Å². The van der Waals surface area contributed by atoms with Crippen molar-refractivity contribution in [1.82, 2.24) is 0 Å². The third-order valence-electron chi connectivity index (χ3n) is 1.30. The lowest BCUT2D eigenvalue weighted by Crippen LogP contribution is -1.84. The van der Waals surface area contributed by atoms with Crippen molar-refractivity contribution in [2.45, 2.75) is 6.67 Å². The second-order valence-electron chi connectivity index (χ2n) is 2.00. The van der Waals surface area contributed by atoms with Gasteiger partial charge in [-0.1, -0.05) is 0 Å². The molecule has 0 atom stereocenters. The molecule has 0 aromatic heterocycles. The minimum atomic E-state index is -0.801. The lowest BCUT2D eigenvalue weighted by Gasteiger charge is -2.01. The van der Waals surface area contributed by atoms with Gasteiger partial charge in [0, 0.05) is 5.56 Å². The van der Waals surface area contributed by atoms with E-state index in [4.69, 9.17) is 5.11 Å². The molecule has 4 heteroatoms. The molecule has 0 bridgehead atoms. The van der Waals surface area contributed by atoms with E-state index in [9.17, 15) is 8.78 Å². The van der Waals surface area contributed by atoms with E-state index in [1.54, 1.807) is 0 Å². The predicted octanol–water partition coefficient (Wildman–Crippen LogP) is 2.76. The van der Waals surface area contributed by atoms with E-state index in [0.29, 0.717) is 0 Å². The summed E-state index contributed by atoms with van der Waals surface area (Å²) in [6.07, 6.45) is 0. The zero-order valence-electron chi connectivity index (χ0n) is 5.44. The molecule has 1 nitrogen and oxygen atoms in total. The summed E-state index contributed by atoms with van der Waals surface area (Å²) < 4.78 is 24.5. The van der Waals surface area contributed by atoms with Crippen LogP contribution in [0.1, 0.15) is 5.56 Å². The second kappa shape index (κ2) is 3.17. The topological polar surface area (TPSA) is 20.2 Å². The fraction of sp³-hybridized carbons (Fsp3) is 0.143. The fourth-order valence-corrected chi connectivity index (χ4v) is 1.07. The maximum absolute atomic E-state index is 12.6. The number of aromatic hydroxyl groups is 1. The minimum Gasteiger partial charge on any atom is -0.506 e. The van der Waals surface area contributed by atoms with Gasteiger partial charge < -0.3 is 5.11 Å². The normalized spacial score (nSPS) is 10.1. The van der Waals surface area contributed by atoms with Crippen LogP contribution in [0.3, 0.4) is 0 Å². The molecule has 0 saturated carbocycles. The van der Waals surface area contributed by atoms with Crippen LogP contribution in [0.15, 0.2) is 16.6 Å². The molecule has 0 spiro atoms. The molecule has 0 amide bonds. The summed E-state index contributed by atoms with van der Waals surface area (Å²) in [4.78, 5) is 0. The molecule has 0 radical (unpaired) electrons. The van der Waals surface area contributed by atoms with Gasteiger partial charge in [0.2, 0.25) is 0 Å². The molecule has 0 aliphatic carbocycles. The Labute approximate surface area is 70.8 Å². The lowest BCUT2D eigenvalue weighted by molar-refractivity contribution is 0.425. The summed E-state index contributed by atoms with van der Waals surface area (Å²) in [6.45, 7) is -0.801. The fourth-order valence-electron chi connectivity index (χ4n) is 0.688. The van der Waals surface area contributed by atoms with Crippen LogP contribution in [0.2, 0.25) is 0 Å². The maximum atomic E-state index is 12.6. The summed E-state index contributed by atoms with van der Waals surface area (Å²) in [5, 5.41) is 9.05. The molecular formula is C7H5BrF2O. The molecule has 0 aliphatic rings. The van der Waals surface area contributed by atoms with Gasteiger partial charge in [-0.3, -0.25) is 0 Å². The molecule has 0 heterocycles. The highest BCUT2D eigenvalue weighted by Crippen LogP contribution is 2.30. The largest absolute Gasteiger partial charge is 0.506 e. The number of hydrogen-bond donors (Lipinski definition) is 1. The van der Waals surface area contributed by atoms with E-state index in [0.717, 1.165) is 6.07 Å². The van der Waals surface area contributed by atoms with Gasteiger partial charge in [0.05, 0.1) is 4.47 Å².